The van der Waals surface area contributed by atoms with E-state index in [0.29, 0.717) is 21.3 Å². The minimum absolute atomic E-state index is 0.271. The number of anilines is 1. The number of carbonyl (C=O) groups excluding carboxylic acids is 1. The van der Waals surface area contributed by atoms with Crippen molar-refractivity contribution >= 4 is 33.8 Å². The Morgan fingerprint density at radius 1 is 1.27 bits per heavy atom. The minimum atomic E-state index is -0.271. The largest absolute Gasteiger partial charge is 0.463 e. The van der Waals surface area contributed by atoms with E-state index in [0.717, 1.165) is 16.4 Å². The number of carbonyl (C=O) groups is 1. The Labute approximate surface area is 158 Å². The predicted octanol–water partition coefficient (Wildman–Crippen LogP) is 4.71. The van der Waals surface area contributed by atoms with Gasteiger partial charge in [0.1, 0.15) is 15.7 Å². The molecule has 26 heavy (non-hydrogen) atoms. The van der Waals surface area contributed by atoms with E-state index in [1.54, 1.807) is 41.4 Å². The number of aromatic nitrogens is 3. The highest BCUT2D eigenvalue weighted by atomic mass is 35.5. The molecule has 0 atom stereocenters. The second-order valence-corrected chi connectivity index (χ2v) is 6.92. The normalized spacial score (nSPS) is 10.8. The molecular formula is C18H13ClN4O2S. The third kappa shape index (κ3) is 3.14. The predicted molar refractivity (Wildman–Crippen MR) is 101 cm³/mol. The smallest absolute Gasteiger partial charge is 0.257 e. The van der Waals surface area contributed by atoms with Crippen LogP contribution in [0.3, 0.4) is 0 Å². The van der Waals surface area contributed by atoms with Crippen molar-refractivity contribution in [3.63, 3.8) is 0 Å². The van der Waals surface area contributed by atoms with Gasteiger partial charge in [-0.2, -0.15) is 5.10 Å². The maximum absolute atomic E-state index is 12.4. The maximum Gasteiger partial charge on any atom is 0.257 e. The molecule has 0 aliphatic rings. The zero-order chi connectivity index (χ0) is 18.1. The number of hydrogen-bond donors (Lipinski definition) is 1. The Morgan fingerprint density at radius 2 is 2.12 bits per heavy atom. The van der Waals surface area contributed by atoms with Crippen molar-refractivity contribution in [3.05, 3.63) is 65.5 Å². The minimum Gasteiger partial charge on any atom is -0.463 e. The first-order valence-electron chi connectivity index (χ1n) is 7.72. The zero-order valence-corrected chi connectivity index (χ0v) is 15.2. The van der Waals surface area contributed by atoms with Crippen LogP contribution in [-0.4, -0.2) is 20.7 Å². The van der Waals surface area contributed by atoms with Gasteiger partial charge in [0.2, 0.25) is 0 Å². The fraction of sp³-hybridized carbons (Fsp3) is 0.0556. The van der Waals surface area contributed by atoms with E-state index in [1.165, 1.54) is 11.3 Å². The molecule has 6 nitrogen and oxygen atoms in total. The molecule has 0 radical (unpaired) electrons. The number of furan rings is 1. The Morgan fingerprint density at radius 3 is 2.88 bits per heavy atom. The molecular weight excluding hydrogens is 372 g/mol. The molecule has 0 fully saturated rings. The number of nitrogens with one attached hydrogen (secondary N) is 1. The molecule has 3 aromatic heterocycles. The van der Waals surface area contributed by atoms with E-state index in [1.807, 2.05) is 25.2 Å². The molecule has 0 unspecified atom stereocenters. The highest BCUT2D eigenvalue weighted by molar-refractivity contribution is 7.19. The van der Waals surface area contributed by atoms with Gasteiger partial charge in [0.15, 0.2) is 5.76 Å². The lowest BCUT2D eigenvalue weighted by Gasteiger charge is -2.03. The van der Waals surface area contributed by atoms with Gasteiger partial charge < -0.3 is 9.73 Å². The van der Waals surface area contributed by atoms with Gasteiger partial charge in [0.25, 0.3) is 5.91 Å². The topological polar surface area (TPSA) is 73.0 Å². The molecule has 0 spiro atoms. The summed E-state index contributed by atoms with van der Waals surface area (Å²) >= 11 is 7.43. The molecule has 130 valence electrons. The van der Waals surface area contributed by atoms with E-state index in [-0.39, 0.29) is 5.91 Å². The van der Waals surface area contributed by atoms with Gasteiger partial charge in [-0.1, -0.05) is 35.1 Å². The van der Waals surface area contributed by atoms with Gasteiger partial charge in [-0.15, -0.1) is 0 Å². The van der Waals surface area contributed by atoms with E-state index < -0.39 is 0 Å². The van der Waals surface area contributed by atoms with Crippen LogP contribution in [0.15, 0.2) is 59.3 Å². The van der Waals surface area contributed by atoms with E-state index in [9.17, 15) is 4.79 Å². The summed E-state index contributed by atoms with van der Waals surface area (Å²) in [5, 5.41) is 9.05. The quantitative estimate of drug-likeness (QED) is 0.553. The van der Waals surface area contributed by atoms with Crippen LogP contribution in [0.4, 0.5) is 5.00 Å². The molecule has 4 aromatic rings. The average molecular weight is 385 g/mol. The van der Waals surface area contributed by atoms with Crippen LogP contribution in [0, 0.1) is 0 Å². The van der Waals surface area contributed by atoms with Crippen LogP contribution in [0.2, 0.25) is 5.02 Å². The van der Waals surface area contributed by atoms with Crippen molar-refractivity contribution in [2.24, 2.45) is 7.05 Å². The second-order valence-electron chi connectivity index (χ2n) is 5.48. The molecule has 4 rings (SSSR count). The summed E-state index contributed by atoms with van der Waals surface area (Å²) in [4.78, 5) is 16.8. The van der Waals surface area contributed by atoms with E-state index in [2.05, 4.69) is 15.4 Å². The van der Waals surface area contributed by atoms with Crippen LogP contribution in [0.5, 0.6) is 0 Å². The van der Waals surface area contributed by atoms with E-state index >= 15 is 0 Å². The number of hydrogen-bond acceptors (Lipinski definition) is 5. The lowest BCUT2D eigenvalue weighted by atomic mass is 10.2. The van der Waals surface area contributed by atoms with E-state index in [4.69, 9.17) is 16.0 Å². The van der Waals surface area contributed by atoms with Gasteiger partial charge >= 0.3 is 0 Å². The number of rotatable bonds is 4. The number of benzene rings is 1. The van der Waals surface area contributed by atoms with Crippen molar-refractivity contribution in [3.8, 4) is 22.2 Å². The fourth-order valence-electron chi connectivity index (χ4n) is 2.49. The van der Waals surface area contributed by atoms with Gasteiger partial charge in [-0.3, -0.25) is 9.48 Å². The summed E-state index contributed by atoms with van der Waals surface area (Å²) in [5.41, 5.74) is 1.98. The van der Waals surface area contributed by atoms with Crippen molar-refractivity contribution in [1.82, 2.24) is 14.8 Å². The Balaban J connectivity index is 1.57. The molecule has 0 bridgehead atoms. The summed E-state index contributed by atoms with van der Waals surface area (Å²) < 4.78 is 7.11. The van der Waals surface area contributed by atoms with Crippen LogP contribution in [0.25, 0.3) is 22.2 Å². The molecule has 1 aromatic carbocycles. The van der Waals surface area contributed by atoms with Gasteiger partial charge in [-0.25, -0.2) is 4.98 Å². The number of thiazole rings is 1. The average Bonchev–Trinajstić information content (AvgIpc) is 3.35. The fourth-order valence-corrected chi connectivity index (χ4v) is 3.57. The Kier molecular flexibility index (Phi) is 4.32. The molecule has 1 amide bonds. The second kappa shape index (κ2) is 6.78. The number of amides is 1. The van der Waals surface area contributed by atoms with Crippen LogP contribution in [0.1, 0.15) is 10.4 Å². The molecule has 3 heterocycles. The van der Waals surface area contributed by atoms with Gasteiger partial charge in [0.05, 0.1) is 28.7 Å². The lowest BCUT2D eigenvalue weighted by molar-refractivity contribution is 0.102. The molecule has 0 saturated heterocycles. The highest BCUT2D eigenvalue weighted by Gasteiger charge is 2.16. The summed E-state index contributed by atoms with van der Waals surface area (Å²) in [7, 11) is 1.84. The van der Waals surface area contributed by atoms with Crippen LogP contribution in [-0.2, 0) is 7.05 Å². The monoisotopic (exact) mass is 384 g/mol. The van der Waals surface area contributed by atoms with Crippen LogP contribution < -0.4 is 5.32 Å². The number of halogens is 1. The standard InChI is InChI=1S/C18H13ClN4O2S/c1-23-14(9-13(22-23)15-7-4-8-25-15)18-20-10-16(26-18)21-17(24)11-5-2-3-6-12(11)19/h2-10H,1H3,(H,21,24). The molecule has 0 aliphatic heterocycles. The first-order chi connectivity index (χ1) is 12.6. The Bertz CT molecular complexity index is 1070. The summed E-state index contributed by atoms with van der Waals surface area (Å²) in [6.45, 7) is 0. The third-order valence-electron chi connectivity index (χ3n) is 3.73. The van der Waals surface area contributed by atoms with Crippen LogP contribution >= 0.6 is 22.9 Å². The number of aryl methyl sites for hydroxylation is 1. The van der Waals surface area contributed by atoms with Crippen molar-refractivity contribution < 1.29 is 9.21 Å². The zero-order valence-electron chi connectivity index (χ0n) is 13.6. The molecule has 0 saturated carbocycles. The van der Waals surface area contributed by atoms with Gasteiger partial charge in [0, 0.05) is 7.05 Å². The SMILES string of the molecule is Cn1nc(-c2ccco2)cc1-c1ncc(NC(=O)c2ccccc2Cl)s1. The molecule has 8 heteroatoms. The summed E-state index contributed by atoms with van der Waals surface area (Å²) in [5.74, 6) is 0.419. The first-order valence-corrected chi connectivity index (χ1v) is 8.91. The van der Waals surface area contributed by atoms with Gasteiger partial charge in [-0.05, 0) is 30.3 Å². The van der Waals surface area contributed by atoms with Crippen molar-refractivity contribution in [1.29, 1.82) is 0 Å². The third-order valence-corrected chi connectivity index (χ3v) is 5.00. The summed E-state index contributed by atoms with van der Waals surface area (Å²) in [6.07, 6.45) is 3.23. The highest BCUT2D eigenvalue weighted by Crippen LogP contribution is 2.31. The first kappa shape index (κ1) is 16.6. The maximum atomic E-state index is 12.4. The summed E-state index contributed by atoms with van der Waals surface area (Å²) in [6, 6.07) is 12.5. The molecule has 0 aliphatic carbocycles. The van der Waals surface area contributed by atoms with Crippen molar-refractivity contribution in [2.75, 3.05) is 5.32 Å². The molecule has 1 N–H and O–H groups in total. The van der Waals surface area contributed by atoms with Crippen molar-refractivity contribution in [2.45, 2.75) is 0 Å². The lowest BCUT2D eigenvalue weighted by Crippen LogP contribution is -2.11. The Hall–Kier alpha value is -2.90. The number of nitrogens with zero attached hydrogens (tertiary/aromatic N) is 3.